The molecule has 7 heteroatoms. The topological polar surface area (TPSA) is 58.9 Å². The molecular weight excluding hydrogens is 380 g/mol. The SMILES string of the molecule is c1cc(N2CCSCC2)ccc1Nc1ncc2cnn(C3CCCCCC3)c2n1. The molecule has 0 bridgehead atoms. The van der Waals surface area contributed by atoms with Crippen molar-refractivity contribution in [2.75, 3.05) is 34.8 Å². The number of thioether (sulfide) groups is 1. The summed E-state index contributed by atoms with van der Waals surface area (Å²) in [6.07, 6.45) is 11.4. The summed E-state index contributed by atoms with van der Waals surface area (Å²) < 4.78 is 2.13. The number of rotatable bonds is 4. The molecule has 1 aliphatic heterocycles. The van der Waals surface area contributed by atoms with Crippen molar-refractivity contribution in [1.29, 1.82) is 0 Å². The molecule has 0 atom stereocenters. The van der Waals surface area contributed by atoms with Gasteiger partial charge in [-0.3, -0.25) is 0 Å². The van der Waals surface area contributed by atoms with E-state index in [4.69, 9.17) is 4.98 Å². The van der Waals surface area contributed by atoms with Gasteiger partial charge in [-0.25, -0.2) is 9.67 Å². The lowest BCUT2D eigenvalue weighted by Gasteiger charge is -2.28. The molecule has 1 N–H and O–H groups in total. The second-order valence-electron chi connectivity index (χ2n) is 7.98. The fourth-order valence-electron chi connectivity index (χ4n) is 4.37. The molecule has 1 aromatic carbocycles. The maximum absolute atomic E-state index is 4.81. The molecule has 3 heterocycles. The van der Waals surface area contributed by atoms with Crippen LogP contribution in [0.5, 0.6) is 0 Å². The Morgan fingerprint density at radius 2 is 1.69 bits per heavy atom. The fourth-order valence-corrected chi connectivity index (χ4v) is 5.27. The summed E-state index contributed by atoms with van der Waals surface area (Å²) in [7, 11) is 0. The molecule has 2 fully saturated rings. The van der Waals surface area contributed by atoms with Gasteiger partial charge in [-0.1, -0.05) is 25.7 Å². The Labute approximate surface area is 176 Å². The van der Waals surface area contributed by atoms with Crippen LogP contribution in [-0.4, -0.2) is 44.3 Å². The van der Waals surface area contributed by atoms with Crippen LogP contribution >= 0.6 is 11.8 Å². The summed E-state index contributed by atoms with van der Waals surface area (Å²) >= 11 is 2.03. The summed E-state index contributed by atoms with van der Waals surface area (Å²) in [5.74, 6) is 3.06. The highest BCUT2D eigenvalue weighted by Crippen LogP contribution is 2.29. The van der Waals surface area contributed by atoms with Crippen molar-refractivity contribution in [3.05, 3.63) is 36.7 Å². The first-order valence-electron chi connectivity index (χ1n) is 10.8. The summed E-state index contributed by atoms with van der Waals surface area (Å²) in [4.78, 5) is 11.8. The highest BCUT2D eigenvalue weighted by atomic mass is 32.2. The Kier molecular flexibility index (Phi) is 5.56. The first-order valence-corrected chi connectivity index (χ1v) is 11.9. The van der Waals surface area contributed by atoms with Crippen molar-refractivity contribution < 1.29 is 0 Å². The maximum atomic E-state index is 4.81. The van der Waals surface area contributed by atoms with Gasteiger partial charge in [-0.15, -0.1) is 0 Å². The highest BCUT2D eigenvalue weighted by Gasteiger charge is 2.18. The van der Waals surface area contributed by atoms with Gasteiger partial charge in [-0.2, -0.15) is 21.8 Å². The summed E-state index contributed by atoms with van der Waals surface area (Å²) in [6, 6.07) is 9.07. The van der Waals surface area contributed by atoms with Gasteiger partial charge >= 0.3 is 0 Å². The van der Waals surface area contributed by atoms with Crippen molar-refractivity contribution in [3.63, 3.8) is 0 Å². The maximum Gasteiger partial charge on any atom is 0.229 e. The Morgan fingerprint density at radius 1 is 0.931 bits per heavy atom. The van der Waals surface area contributed by atoms with Gasteiger partial charge in [0.1, 0.15) is 0 Å². The van der Waals surface area contributed by atoms with Crippen LogP contribution in [0.1, 0.15) is 44.6 Å². The zero-order chi connectivity index (χ0) is 19.5. The lowest BCUT2D eigenvalue weighted by Crippen LogP contribution is -2.32. The van der Waals surface area contributed by atoms with Crippen LogP contribution in [-0.2, 0) is 0 Å². The smallest absolute Gasteiger partial charge is 0.229 e. The van der Waals surface area contributed by atoms with Gasteiger partial charge in [0.25, 0.3) is 0 Å². The van der Waals surface area contributed by atoms with Gasteiger partial charge < -0.3 is 10.2 Å². The first kappa shape index (κ1) is 18.7. The molecule has 152 valence electrons. The van der Waals surface area contributed by atoms with Crippen molar-refractivity contribution in [2.45, 2.75) is 44.6 Å². The molecule has 2 aliphatic rings. The van der Waals surface area contributed by atoms with Crippen molar-refractivity contribution in [2.24, 2.45) is 0 Å². The van der Waals surface area contributed by atoms with E-state index in [9.17, 15) is 0 Å². The predicted molar refractivity (Wildman–Crippen MR) is 121 cm³/mol. The Hall–Kier alpha value is -2.28. The van der Waals surface area contributed by atoms with Gasteiger partial charge in [-0.05, 0) is 37.1 Å². The van der Waals surface area contributed by atoms with Crippen molar-refractivity contribution in [1.82, 2.24) is 19.7 Å². The molecule has 29 heavy (non-hydrogen) atoms. The number of aromatic nitrogens is 4. The van der Waals surface area contributed by atoms with Crippen LogP contribution in [0.4, 0.5) is 17.3 Å². The minimum absolute atomic E-state index is 0.458. The molecule has 3 aromatic rings. The van der Waals surface area contributed by atoms with Crippen molar-refractivity contribution in [3.8, 4) is 0 Å². The number of anilines is 3. The molecule has 0 spiro atoms. The van der Waals surface area contributed by atoms with Gasteiger partial charge in [0.2, 0.25) is 5.95 Å². The molecule has 0 amide bonds. The normalized spacial score (nSPS) is 18.7. The summed E-state index contributed by atoms with van der Waals surface area (Å²) in [5.41, 5.74) is 3.25. The Bertz CT molecular complexity index is 940. The van der Waals surface area contributed by atoms with Crippen LogP contribution in [0, 0.1) is 0 Å². The minimum atomic E-state index is 0.458. The van der Waals surface area contributed by atoms with E-state index in [2.05, 4.69) is 49.2 Å². The number of hydrogen-bond acceptors (Lipinski definition) is 6. The first-order chi connectivity index (χ1) is 14.4. The van der Waals surface area contributed by atoms with E-state index in [0.717, 1.165) is 29.8 Å². The third-order valence-corrected chi connectivity index (χ3v) is 6.95. The number of fused-ring (bicyclic) bond motifs is 1. The van der Waals surface area contributed by atoms with Crippen LogP contribution in [0.2, 0.25) is 0 Å². The molecule has 0 radical (unpaired) electrons. The largest absolute Gasteiger partial charge is 0.370 e. The third-order valence-electron chi connectivity index (χ3n) is 6.00. The van der Waals surface area contributed by atoms with Crippen molar-refractivity contribution >= 4 is 40.1 Å². The summed E-state index contributed by atoms with van der Waals surface area (Å²) in [6.45, 7) is 2.25. The number of hydrogen-bond donors (Lipinski definition) is 1. The zero-order valence-corrected chi connectivity index (χ0v) is 17.6. The minimum Gasteiger partial charge on any atom is -0.370 e. The van der Waals surface area contributed by atoms with Gasteiger partial charge in [0.15, 0.2) is 5.65 Å². The second-order valence-corrected chi connectivity index (χ2v) is 9.20. The number of nitrogens with one attached hydrogen (secondary N) is 1. The van der Waals surface area contributed by atoms with E-state index in [1.54, 1.807) is 0 Å². The third kappa shape index (κ3) is 4.20. The van der Waals surface area contributed by atoms with Crippen LogP contribution in [0.25, 0.3) is 11.0 Å². The second kappa shape index (κ2) is 8.61. The van der Waals surface area contributed by atoms with E-state index < -0.39 is 0 Å². The van der Waals surface area contributed by atoms with Gasteiger partial charge in [0, 0.05) is 42.2 Å². The Balaban J connectivity index is 1.34. The van der Waals surface area contributed by atoms with Crippen LogP contribution in [0.15, 0.2) is 36.7 Å². The van der Waals surface area contributed by atoms with E-state index >= 15 is 0 Å². The predicted octanol–water partition coefficient (Wildman–Crippen LogP) is 5.02. The molecule has 5 rings (SSSR count). The molecule has 0 unspecified atom stereocenters. The van der Waals surface area contributed by atoms with E-state index in [1.807, 2.05) is 24.2 Å². The zero-order valence-electron chi connectivity index (χ0n) is 16.8. The Morgan fingerprint density at radius 3 is 2.45 bits per heavy atom. The molecular formula is C22H28N6S. The molecule has 1 aliphatic carbocycles. The van der Waals surface area contributed by atoms with Crippen LogP contribution in [0.3, 0.4) is 0 Å². The van der Waals surface area contributed by atoms with Crippen LogP contribution < -0.4 is 10.2 Å². The van der Waals surface area contributed by atoms with E-state index in [1.165, 1.54) is 55.7 Å². The average molecular weight is 409 g/mol. The fraction of sp³-hybridized carbons (Fsp3) is 0.500. The molecule has 2 aromatic heterocycles. The average Bonchev–Trinajstić information content (AvgIpc) is 3.00. The monoisotopic (exact) mass is 408 g/mol. The standard InChI is InChI=1S/C22H28N6S/c1-2-4-6-20(5-3-1)28-21-17(16-24-28)15-23-22(26-21)25-18-7-9-19(10-8-18)27-11-13-29-14-12-27/h7-10,15-16,20H,1-6,11-14H2,(H,23,25,26). The van der Waals surface area contributed by atoms with Gasteiger partial charge in [0.05, 0.1) is 17.6 Å². The van der Waals surface area contributed by atoms with E-state index in [-0.39, 0.29) is 0 Å². The molecule has 1 saturated carbocycles. The van der Waals surface area contributed by atoms with E-state index in [0.29, 0.717) is 12.0 Å². The molecule has 6 nitrogen and oxygen atoms in total. The number of benzene rings is 1. The lowest BCUT2D eigenvalue weighted by molar-refractivity contribution is 0.415. The number of nitrogens with zero attached hydrogens (tertiary/aromatic N) is 5. The lowest BCUT2D eigenvalue weighted by atomic mass is 10.1. The quantitative estimate of drug-likeness (QED) is 0.612. The highest BCUT2D eigenvalue weighted by molar-refractivity contribution is 7.99. The summed E-state index contributed by atoms with van der Waals surface area (Å²) in [5, 5.41) is 9.04. The molecule has 1 saturated heterocycles.